The number of rotatable bonds is 11. The molecule has 1 aliphatic carbocycles. The molecule has 1 saturated carbocycles. The van der Waals surface area contributed by atoms with Crippen LogP contribution in [0.4, 0.5) is 0 Å². The lowest BCUT2D eigenvalue weighted by atomic mass is 9.79. The van der Waals surface area contributed by atoms with E-state index >= 15 is 0 Å². The van der Waals surface area contributed by atoms with E-state index in [0.717, 1.165) is 51.8 Å². The molecule has 47 heavy (non-hydrogen) atoms. The van der Waals surface area contributed by atoms with Gasteiger partial charge >= 0.3 is 5.97 Å². The highest BCUT2D eigenvalue weighted by Gasteiger charge is 2.34. The van der Waals surface area contributed by atoms with Crippen LogP contribution in [0.15, 0.2) is 108 Å². The van der Waals surface area contributed by atoms with E-state index in [0.29, 0.717) is 6.42 Å². The fraction of sp³-hybridized carbons (Fsp3) is 0.293. The first kappa shape index (κ1) is 31.1. The van der Waals surface area contributed by atoms with E-state index in [1.54, 1.807) is 23.5 Å². The normalized spacial score (nSPS) is 18.5. The van der Waals surface area contributed by atoms with Gasteiger partial charge in [-0.1, -0.05) is 86.0 Å². The summed E-state index contributed by atoms with van der Waals surface area (Å²) < 4.78 is 0. The molecule has 2 atom stereocenters. The number of hydrogen-bond donors (Lipinski definition) is 2. The molecule has 6 heteroatoms. The van der Waals surface area contributed by atoms with E-state index < -0.39 is 11.5 Å². The molecular weight excluding hydrogens is 599 g/mol. The molecule has 2 aromatic heterocycles. The first-order valence-electron chi connectivity index (χ1n) is 16.8. The van der Waals surface area contributed by atoms with Gasteiger partial charge in [-0.05, 0) is 90.6 Å². The Morgan fingerprint density at radius 2 is 1.66 bits per heavy atom. The van der Waals surface area contributed by atoms with Crippen LogP contribution in [0.25, 0.3) is 22.5 Å². The minimum Gasteiger partial charge on any atom is -0.478 e. The Morgan fingerprint density at radius 1 is 0.936 bits per heavy atom. The number of carbonyl (C=O) groups is 1. The van der Waals surface area contributed by atoms with E-state index in [1.807, 2.05) is 24.4 Å². The molecule has 1 aliphatic heterocycles. The zero-order chi connectivity index (χ0) is 32.2. The molecule has 0 amide bonds. The molecular formula is C41H41N3O2S. The summed E-state index contributed by atoms with van der Waals surface area (Å²) in [6.07, 6.45) is 17.7. The van der Waals surface area contributed by atoms with Gasteiger partial charge in [0, 0.05) is 41.4 Å². The van der Waals surface area contributed by atoms with Crippen LogP contribution in [-0.4, -0.2) is 32.8 Å². The van der Waals surface area contributed by atoms with E-state index in [1.165, 1.54) is 48.8 Å². The van der Waals surface area contributed by atoms with Gasteiger partial charge in [0.15, 0.2) is 0 Å². The lowest BCUT2D eigenvalue weighted by molar-refractivity contribution is 0.0697. The van der Waals surface area contributed by atoms with Crippen LogP contribution in [0.2, 0.25) is 0 Å². The number of benzene rings is 3. The molecule has 0 bridgehead atoms. The molecule has 3 heterocycles. The third-order valence-corrected chi connectivity index (χ3v) is 10.9. The van der Waals surface area contributed by atoms with Crippen molar-refractivity contribution in [2.45, 2.75) is 75.7 Å². The highest BCUT2D eigenvalue weighted by Crippen LogP contribution is 2.39. The Balaban J connectivity index is 0.991. The average molecular weight is 640 g/mol. The molecule has 7 rings (SSSR count). The van der Waals surface area contributed by atoms with E-state index in [9.17, 15) is 9.90 Å². The number of H-pyrrole nitrogens is 1. The smallest absolute Gasteiger partial charge is 0.335 e. The zero-order valence-electron chi connectivity index (χ0n) is 26.9. The summed E-state index contributed by atoms with van der Waals surface area (Å²) in [5.41, 5.74) is 9.54. The number of carboxylic acids is 1. The first-order valence-corrected chi connectivity index (χ1v) is 17.7. The molecule has 2 unspecified atom stereocenters. The quantitative estimate of drug-likeness (QED) is 0.151. The second kappa shape index (κ2) is 13.7. The van der Waals surface area contributed by atoms with Gasteiger partial charge in [-0.2, -0.15) is 0 Å². The lowest BCUT2D eigenvalue weighted by Gasteiger charge is -2.30. The van der Waals surface area contributed by atoms with Crippen LogP contribution in [0, 0.1) is 0 Å². The summed E-state index contributed by atoms with van der Waals surface area (Å²) in [5, 5.41) is 12.5. The van der Waals surface area contributed by atoms with Crippen molar-refractivity contribution in [2.24, 2.45) is 4.99 Å². The summed E-state index contributed by atoms with van der Waals surface area (Å²) in [7, 11) is 0. The molecule has 2 N–H and O–H groups in total. The summed E-state index contributed by atoms with van der Waals surface area (Å²) in [5.74, 6) is -0.128. The Morgan fingerprint density at radius 3 is 2.36 bits per heavy atom. The van der Waals surface area contributed by atoms with E-state index in [4.69, 9.17) is 9.98 Å². The molecule has 3 aromatic carbocycles. The topological polar surface area (TPSA) is 78.3 Å². The number of hydrogen-bond acceptors (Lipinski definition) is 4. The fourth-order valence-electron chi connectivity index (χ4n) is 7.17. The maximum absolute atomic E-state index is 11.4. The Hall–Kier alpha value is -4.55. The van der Waals surface area contributed by atoms with Crippen molar-refractivity contribution >= 4 is 23.5 Å². The average Bonchev–Trinajstić information content (AvgIpc) is 3.89. The van der Waals surface area contributed by atoms with Crippen LogP contribution >= 0.6 is 11.3 Å². The van der Waals surface area contributed by atoms with Gasteiger partial charge in [0.1, 0.15) is 0 Å². The summed E-state index contributed by atoms with van der Waals surface area (Å²) in [4.78, 5) is 24.7. The number of carboxylic acid groups (broad SMARTS) is 1. The van der Waals surface area contributed by atoms with Crippen molar-refractivity contribution in [3.05, 3.63) is 135 Å². The number of aliphatic imine (C=N–C) groups is 1. The number of nitrogens with one attached hydrogen (secondary N) is 1. The van der Waals surface area contributed by atoms with Crippen molar-refractivity contribution in [3.8, 4) is 22.5 Å². The van der Waals surface area contributed by atoms with Gasteiger partial charge < -0.3 is 10.1 Å². The van der Waals surface area contributed by atoms with Gasteiger partial charge in [0.25, 0.3) is 0 Å². The van der Waals surface area contributed by atoms with Gasteiger partial charge in [0.2, 0.25) is 0 Å². The molecule has 0 spiro atoms. The number of aromatic carboxylic acids is 1. The van der Waals surface area contributed by atoms with Crippen LogP contribution in [-0.2, 0) is 19.3 Å². The van der Waals surface area contributed by atoms with Crippen LogP contribution in [0.1, 0.15) is 88.5 Å². The van der Waals surface area contributed by atoms with Gasteiger partial charge in [-0.25, -0.2) is 9.78 Å². The Labute approximate surface area is 281 Å². The standard InChI is InChI=1S/C41H41N3O2S/c1-41(22-5-23-43-41)36(32-14-20-35(21-15-32)40(45)46)25-39-44-38(27-47-39)34-18-16-33(17-19-34)37-24-29(26-42-37)9-8-28-10-12-31(13-11-28)30-6-3-2-4-7-30/h5,10-24,26-27,30,36,42H,2-4,6-9,25H2,1H3,(H,45,46). The number of allylic oxidation sites excluding steroid dienone is 1. The van der Waals surface area contributed by atoms with Crippen molar-refractivity contribution in [1.82, 2.24) is 9.97 Å². The largest absolute Gasteiger partial charge is 0.478 e. The number of thiazole rings is 1. The number of nitrogens with zero attached hydrogens (tertiary/aromatic N) is 2. The fourth-order valence-corrected chi connectivity index (χ4v) is 8.02. The third kappa shape index (κ3) is 7.08. The van der Waals surface area contributed by atoms with Crippen molar-refractivity contribution in [3.63, 3.8) is 0 Å². The molecule has 238 valence electrons. The predicted octanol–water partition coefficient (Wildman–Crippen LogP) is 10.1. The number of aryl methyl sites for hydroxylation is 2. The second-order valence-electron chi connectivity index (χ2n) is 13.2. The van der Waals surface area contributed by atoms with Crippen LogP contribution in [0.5, 0.6) is 0 Å². The van der Waals surface area contributed by atoms with Crippen molar-refractivity contribution < 1.29 is 9.90 Å². The lowest BCUT2D eigenvalue weighted by Crippen LogP contribution is -2.29. The second-order valence-corrected chi connectivity index (χ2v) is 14.2. The third-order valence-electron chi connectivity index (χ3n) is 10.1. The highest BCUT2D eigenvalue weighted by molar-refractivity contribution is 7.10. The van der Waals surface area contributed by atoms with Gasteiger partial charge in [-0.15, -0.1) is 11.3 Å². The van der Waals surface area contributed by atoms with Crippen LogP contribution in [0.3, 0.4) is 0 Å². The molecule has 5 nitrogen and oxygen atoms in total. The monoisotopic (exact) mass is 639 g/mol. The highest BCUT2D eigenvalue weighted by atomic mass is 32.1. The first-order chi connectivity index (χ1) is 22.9. The van der Waals surface area contributed by atoms with Gasteiger partial charge in [-0.3, -0.25) is 4.99 Å². The Kier molecular flexibility index (Phi) is 9.03. The van der Waals surface area contributed by atoms with Crippen molar-refractivity contribution in [2.75, 3.05) is 0 Å². The molecule has 5 aromatic rings. The molecule has 0 radical (unpaired) electrons. The molecule has 0 saturated heterocycles. The van der Waals surface area contributed by atoms with Crippen LogP contribution < -0.4 is 0 Å². The number of aromatic amines is 1. The summed E-state index contributed by atoms with van der Waals surface area (Å²) >= 11 is 1.66. The number of aromatic nitrogens is 2. The molecule has 1 fully saturated rings. The zero-order valence-corrected chi connectivity index (χ0v) is 27.7. The summed E-state index contributed by atoms with van der Waals surface area (Å²) in [6, 6.07) is 27.5. The SMILES string of the molecule is CC1(C(Cc2nc(-c3ccc(-c4cc(CCc5ccc(C6CCCCC6)cc5)c[nH]4)cc3)cs2)c2ccc(C(=O)O)cc2)C=CC=N1. The maximum atomic E-state index is 11.4. The summed E-state index contributed by atoms with van der Waals surface area (Å²) in [6.45, 7) is 2.12. The minimum atomic E-state index is -0.920. The molecule has 2 aliphatic rings. The van der Waals surface area contributed by atoms with Gasteiger partial charge in [0.05, 0.1) is 21.8 Å². The Bertz CT molecular complexity index is 1860. The minimum absolute atomic E-state index is 0.0321. The predicted molar refractivity (Wildman–Crippen MR) is 193 cm³/mol. The van der Waals surface area contributed by atoms with E-state index in [-0.39, 0.29) is 11.5 Å². The maximum Gasteiger partial charge on any atom is 0.335 e. The van der Waals surface area contributed by atoms with Crippen molar-refractivity contribution in [1.29, 1.82) is 0 Å². The van der Waals surface area contributed by atoms with E-state index in [2.05, 4.69) is 84.2 Å².